The second-order valence-electron chi connectivity index (χ2n) is 5.26. The second-order valence-corrected chi connectivity index (χ2v) is 6.18. The number of rotatable bonds is 5. The summed E-state index contributed by atoms with van der Waals surface area (Å²) in [4.78, 5) is 12.4. The zero-order valence-electron chi connectivity index (χ0n) is 13.0. The van der Waals surface area contributed by atoms with Crippen LogP contribution in [0.15, 0.2) is 46.9 Å². The van der Waals surface area contributed by atoms with Crippen molar-refractivity contribution >= 4 is 27.5 Å². The second kappa shape index (κ2) is 7.45. The summed E-state index contributed by atoms with van der Waals surface area (Å²) < 4.78 is 6.76. The molecule has 1 atom stereocenters. The largest absolute Gasteiger partial charge is 0.481 e. The van der Waals surface area contributed by atoms with Crippen LogP contribution in [-0.2, 0) is 4.79 Å². The van der Waals surface area contributed by atoms with E-state index in [9.17, 15) is 4.79 Å². The lowest BCUT2D eigenvalue weighted by molar-refractivity contribution is -0.122. The first-order valence-corrected chi connectivity index (χ1v) is 8.09. The molecular formula is C18H20BrNO2. The molecule has 3 nitrogen and oxygen atoms in total. The van der Waals surface area contributed by atoms with E-state index < -0.39 is 6.10 Å². The van der Waals surface area contributed by atoms with Gasteiger partial charge in [0.25, 0.3) is 5.91 Å². The first-order valence-electron chi connectivity index (χ1n) is 7.30. The van der Waals surface area contributed by atoms with Gasteiger partial charge in [0.05, 0.1) is 0 Å². The number of carbonyl (C=O) groups is 1. The van der Waals surface area contributed by atoms with Crippen LogP contribution in [0.3, 0.4) is 0 Å². The molecule has 2 aromatic rings. The molecular weight excluding hydrogens is 342 g/mol. The van der Waals surface area contributed by atoms with Crippen molar-refractivity contribution in [3.8, 4) is 5.75 Å². The minimum absolute atomic E-state index is 0.140. The zero-order valence-corrected chi connectivity index (χ0v) is 14.6. The predicted octanol–water partition coefficient (Wildman–Crippen LogP) is 4.86. The van der Waals surface area contributed by atoms with Crippen molar-refractivity contribution in [2.24, 2.45) is 0 Å². The van der Waals surface area contributed by atoms with E-state index in [2.05, 4.69) is 28.2 Å². The summed E-state index contributed by atoms with van der Waals surface area (Å²) in [6.45, 7) is 6.02. The molecule has 0 heterocycles. The Balaban J connectivity index is 2.07. The third-order valence-corrected chi connectivity index (χ3v) is 4.01. The SMILES string of the molecule is CC[C@H](Oc1ccc(C)c(C)c1)C(=O)Nc1cccc(Br)c1. The molecule has 0 saturated heterocycles. The Morgan fingerprint density at radius 2 is 1.95 bits per heavy atom. The van der Waals surface area contributed by atoms with Gasteiger partial charge in [-0.05, 0) is 61.7 Å². The fraction of sp³-hybridized carbons (Fsp3) is 0.278. The fourth-order valence-corrected chi connectivity index (χ4v) is 2.46. The number of hydrogen-bond donors (Lipinski definition) is 1. The minimum Gasteiger partial charge on any atom is -0.481 e. The number of anilines is 1. The normalized spacial score (nSPS) is 11.8. The van der Waals surface area contributed by atoms with Gasteiger partial charge < -0.3 is 10.1 Å². The predicted molar refractivity (Wildman–Crippen MR) is 93.4 cm³/mol. The average molecular weight is 362 g/mol. The number of ether oxygens (including phenoxy) is 1. The molecule has 0 aliphatic carbocycles. The Morgan fingerprint density at radius 3 is 2.59 bits per heavy atom. The Bertz CT molecular complexity index is 670. The van der Waals surface area contributed by atoms with Crippen molar-refractivity contribution in [2.45, 2.75) is 33.3 Å². The quantitative estimate of drug-likeness (QED) is 0.825. The highest BCUT2D eigenvalue weighted by Gasteiger charge is 2.18. The molecule has 0 radical (unpaired) electrons. The third kappa shape index (κ3) is 4.34. The molecule has 1 amide bonds. The number of carbonyl (C=O) groups excluding carboxylic acids is 1. The standard InChI is InChI=1S/C18H20BrNO2/c1-4-17(22-16-9-8-12(2)13(3)10-16)18(21)20-15-7-5-6-14(19)11-15/h5-11,17H,4H2,1-3H3,(H,20,21)/t17-/m0/s1. The maximum atomic E-state index is 12.4. The summed E-state index contributed by atoms with van der Waals surface area (Å²) in [5, 5.41) is 2.89. The van der Waals surface area contributed by atoms with Crippen LogP contribution >= 0.6 is 15.9 Å². The topological polar surface area (TPSA) is 38.3 Å². The first-order chi connectivity index (χ1) is 10.5. The molecule has 0 fully saturated rings. The summed E-state index contributed by atoms with van der Waals surface area (Å²) in [5.41, 5.74) is 3.11. The zero-order chi connectivity index (χ0) is 16.1. The van der Waals surface area contributed by atoms with Crippen LogP contribution in [0.5, 0.6) is 5.75 Å². The van der Waals surface area contributed by atoms with Gasteiger partial charge in [0.15, 0.2) is 6.10 Å². The Kier molecular flexibility index (Phi) is 5.61. The van der Waals surface area contributed by atoms with Gasteiger partial charge in [0, 0.05) is 10.2 Å². The highest BCUT2D eigenvalue weighted by atomic mass is 79.9. The number of aryl methyl sites for hydroxylation is 2. The molecule has 0 aromatic heterocycles. The van der Waals surface area contributed by atoms with E-state index in [1.54, 1.807) is 0 Å². The maximum Gasteiger partial charge on any atom is 0.265 e. The van der Waals surface area contributed by atoms with E-state index in [-0.39, 0.29) is 5.91 Å². The van der Waals surface area contributed by atoms with Crippen LogP contribution in [0, 0.1) is 13.8 Å². The van der Waals surface area contributed by atoms with Crippen molar-refractivity contribution in [2.75, 3.05) is 5.32 Å². The van der Waals surface area contributed by atoms with E-state index in [0.717, 1.165) is 21.5 Å². The van der Waals surface area contributed by atoms with Crippen LogP contribution in [0.4, 0.5) is 5.69 Å². The molecule has 2 aromatic carbocycles. The number of hydrogen-bond acceptors (Lipinski definition) is 2. The first kappa shape index (κ1) is 16.6. The van der Waals surface area contributed by atoms with Crippen molar-refractivity contribution in [3.05, 3.63) is 58.1 Å². The molecule has 0 unspecified atom stereocenters. The van der Waals surface area contributed by atoms with E-state index in [0.29, 0.717) is 6.42 Å². The summed E-state index contributed by atoms with van der Waals surface area (Å²) >= 11 is 3.39. The Hall–Kier alpha value is -1.81. The average Bonchev–Trinajstić information content (AvgIpc) is 2.48. The van der Waals surface area contributed by atoms with E-state index in [4.69, 9.17) is 4.74 Å². The van der Waals surface area contributed by atoms with Gasteiger partial charge >= 0.3 is 0 Å². The molecule has 0 aliphatic rings. The van der Waals surface area contributed by atoms with Gasteiger partial charge in [-0.15, -0.1) is 0 Å². The highest BCUT2D eigenvalue weighted by molar-refractivity contribution is 9.10. The lowest BCUT2D eigenvalue weighted by atomic mass is 10.1. The monoisotopic (exact) mass is 361 g/mol. The fourth-order valence-electron chi connectivity index (χ4n) is 2.06. The summed E-state index contributed by atoms with van der Waals surface area (Å²) in [6, 6.07) is 13.4. The van der Waals surface area contributed by atoms with Crippen molar-refractivity contribution < 1.29 is 9.53 Å². The lowest BCUT2D eigenvalue weighted by Crippen LogP contribution is -2.32. The number of nitrogens with one attached hydrogen (secondary N) is 1. The van der Waals surface area contributed by atoms with Crippen LogP contribution < -0.4 is 10.1 Å². The van der Waals surface area contributed by atoms with E-state index >= 15 is 0 Å². The Morgan fingerprint density at radius 1 is 1.18 bits per heavy atom. The number of amides is 1. The summed E-state index contributed by atoms with van der Waals surface area (Å²) in [6.07, 6.45) is 0.0910. The van der Waals surface area contributed by atoms with Gasteiger partial charge in [-0.2, -0.15) is 0 Å². The van der Waals surface area contributed by atoms with Crippen molar-refractivity contribution in [1.29, 1.82) is 0 Å². The van der Waals surface area contributed by atoms with Crippen molar-refractivity contribution in [1.82, 2.24) is 0 Å². The molecule has 22 heavy (non-hydrogen) atoms. The summed E-state index contributed by atoms with van der Waals surface area (Å²) in [7, 11) is 0. The van der Waals surface area contributed by atoms with Gasteiger partial charge in [0.2, 0.25) is 0 Å². The number of benzene rings is 2. The third-order valence-electron chi connectivity index (χ3n) is 3.51. The Labute approximate surface area is 139 Å². The van der Waals surface area contributed by atoms with Gasteiger partial charge in [-0.1, -0.05) is 35.0 Å². The molecule has 4 heteroatoms. The molecule has 0 bridgehead atoms. The number of halogens is 1. The molecule has 0 saturated carbocycles. The van der Waals surface area contributed by atoms with Crippen molar-refractivity contribution in [3.63, 3.8) is 0 Å². The van der Waals surface area contributed by atoms with Gasteiger partial charge in [-0.3, -0.25) is 4.79 Å². The van der Waals surface area contributed by atoms with E-state index in [1.165, 1.54) is 5.56 Å². The summed E-state index contributed by atoms with van der Waals surface area (Å²) in [5.74, 6) is 0.582. The van der Waals surface area contributed by atoms with Crippen LogP contribution in [-0.4, -0.2) is 12.0 Å². The molecule has 0 spiro atoms. The van der Waals surface area contributed by atoms with Gasteiger partial charge in [0.1, 0.15) is 5.75 Å². The molecule has 1 N–H and O–H groups in total. The van der Waals surface area contributed by atoms with Gasteiger partial charge in [-0.25, -0.2) is 0 Å². The minimum atomic E-state index is -0.513. The maximum absolute atomic E-state index is 12.4. The van der Waals surface area contributed by atoms with Crippen LogP contribution in [0.25, 0.3) is 0 Å². The lowest BCUT2D eigenvalue weighted by Gasteiger charge is -2.18. The molecule has 116 valence electrons. The smallest absolute Gasteiger partial charge is 0.265 e. The molecule has 2 rings (SSSR count). The molecule has 0 aliphatic heterocycles. The van der Waals surface area contributed by atoms with E-state index in [1.807, 2.05) is 56.3 Å². The highest BCUT2D eigenvalue weighted by Crippen LogP contribution is 2.20. The van der Waals surface area contributed by atoms with Crippen LogP contribution in [0.1, 0.15) is 24.5 Å². The van der Waals surface area contributed by atoms with Crippen LogP contribution in [0.2, 0.25) is 0 Å².